The van der Waals surface area contributed by atoms with Crippen molar-refractivity contribution in [1.82, 2.24) is 15.5 Å². The summed E-state index contributed by atoms with van der Waals surface area (Å²) in [5.41, 5.74) is 3.03. The van der Waals surface area contributed by atoms with E-state index in [1.807, 2.05) is 0 Å². The maximum absolute atomic E-state index is 14.3. The SMILES string of the molecule is CC1=C(c2nc(-c3cccc(Cl)c3)no2)C(c2ccc(F)cc2)NC(=O)N1c1ccc(C)c(F)c1. The molecule has 0 spiro atoms. The molecule has 4 aromatic rings. The quantitative estimate of drug-likeness (QED) is 0.345. The molecule has 1 atom stereocenters. The Morgan fingerprint density at radius 1 is 1.03 bits per heavy atom. The Balaban J connectivity index is 1.66. The van der Waals surface area contributed by atoms with Gasteiger partial charge in [0, 0.05) is 16.3 Å². The molecule has 6 nitrogen and oxygen atoms in total. The second-order valence-corrected chi connectivity index (χ2v) is 8.57. The zero-order valence-electron chi connectivity index (χ0n) is 18.7. The molecule has 0 bridgehead atoms. The van der Waals surface area contributed by atoms with Crippen molar-refractivity contribution < 1.29 is 18.1 Å². The Bertz CT molecular complexity index is 1470. The van der Waals surface area contributed by atoms with Crippen LogP contribution in [0, 0.1) is 18.6 Å². The largest absolute Gasteiger partial charge is 0.334 e. The molecular formula is C26H19ClF2N4O2. The van der Waals surface area contributed by atoms with Crippen molar-refractivity contribution in [2.24, 2.45) is 0 Å². The average molecular weight is 493 g/mol. The fourth-order valence-corrected chi connectivity index (χ4v) is 4.23. The lowest BCUT2D eigenvalue weighted by Gasteiger charge is -2.35. The molecule has 1 aliphatic heterocycles. The summed E-state index contributed by atoms with van der Waals surface area (Å²) in [6, 6.07) is 16.1. The predicted octanol–water partition coefficient (Wildman–Crippen LogP) is 6.68. The van der Waals surface area contributed by atoms with E-state index >= 15 is 0 Å². The van der Waals surface area contributed by atoms with Crippen molar-refractivity contribution in [3.63, 3.8) is 0 Å². The van der Waals surface area contributed by atoms with Crippen molar-refractivity contribution in [1.29, 1.82) is 0 Å². The van der Waals surface area contributed by atoms with Gasteiger partial charge in [0.25, 0.3) is 5.89 Å². The highest BCUT2D eigenvalue weighted by Gasteiger charge is 2.36. The lowest BCUT2D eigenvalue weighted by atomic mass is 9.94. The van der Waals surface area contributed by atoms with E-state index in [-0.39, 0.29) is 5.89 Å². The first-order valence-electron chi connectivity index (χ1n) is 10.7. The van der Waals surface area contributed by atoms with Gasteiger partial charge in [0.1, 0.15) is 11.6 Å². The highest BCUT2D eigenvalue weighted by molar-refractivity contribution is 6.30. The third kappa shape index (κ3) is 4.28. The minimum Gasteiger partial charge on any atom is -0.334 e. The molecular weight excluding hydrogens is 474 g/mol. The van der Waals surface area contributed by atoms with E-state index in [1.54, 1.807) is 62.4 Å². The number of hydrogen-bond donors (Lipinski definition) is 1. The first-order chi connectivity index (χ1) is 16.8. The molecule has 0 saturated carbocycles. The zero-order chi connectivity index (χ0) is 24.7. The maximum Gasteiger partial charge on any atom is 0.327 e. The van der Waals surface area contributed by atoms with Crippen molar-refractivity contribution in [3.05, 3.63) is 106 Å². The number of carbonyl (C=O) groups is 1. The summed E-state index contributed by atoms with van der Waals surface area (Å²) < 4.78 is 33.6. The predicted molar refractivity (Wildman–Crippen MR) is 129 cm³/mol. The maximum atomic E-state index is 14.3. The second kappa shape index (κ2) is 8.96. The smallest absolute Gasteiger partial charge is 0.327 e. The molecule has 176 valence electrons. The summed E-state index contributed by atoms with van der Waals surface area (Å²) in [6.07, 6.45) is 0. The molecule has 0 fully saturated rings. The van der Waals surface area contributed by atoms with Gasteiger partial charge in [-0.3, -0.25) is 4.90 Å². The lowest BCUT2D eigenvalue weighted by Crippen LogP contribution is -2.46. The standard InChI is InChI=1S/C26H19ClF2N4O2/c1-14-6-11-20(13-21(14)29)33-15(2)22(23(30-26(33)34)16-7-9-19(28)10-8-16)25-31-24(32-35-25)17-4-3-5-18(27)12-17/h3-13,23H,1-2H3,(H,30,34). The fraction of sp³-hybridized carbons (Fsp3) is 0.115. The number of carbonyl (C=O) groups excluding carboxylic acids is 1. The first-order valence-corrected chi connectivity index (χ1v) is 11.1. The van der Waals surface area contributed by atoms with Gasteiger partial charge in [-0.05, 0) is 61.4 Å². The van der Waals surface area contributed by atoms with Crippen molar-refractivity contribution in [3.8, 4) is 11.4 Å². The summed E-state index contributed by atoms with van der Waals surface area (Å²) in [6.45, 7) is 3.36. The van der Waals surface area contributed by atoms with Crippen LogP contribution in [0.25, 0.3) is 17.0 Å². The second-order valence-electron chi connectivity index (χ2n) is 8.14. The average Bonchev–Trinajstić information content (AvgIpc) is 3.31. The topological polar surface area (TPSA) is 71.3 Å². The van der Waals surface area contributed by atoms with Crippen molar-refractivity contribution in [2.45, 2.75) is 19.9 Å². The molecule has 1 unspecified atom stereocenters. The molecule has 0 aliphatic carbocycles. The minimum atomic E-state index is -0.706. The van der Waals surface area contributed by atoms with Crippen molar-refractivity contribution in [2.75, 3.05) is 4.90 Å². The van der Waals surface area contributed by atoms with E-state index in [0.29, 0.717) is 44.5 Å². The Hall–Kier alpha value is -4.04. The molecule has 2 amide bonds. The summed E-state index contributed by atoms with van der Waals surface area (Å²) in [7, 11) is 0. The number of anilines is 1. The van der Waals surface area contributed by atoms with Gasteiger partial charge in [-0.2, -0.15) is 4.98 Å². The van der Waals surface area contributed by atoms with Gasteiger partial charge in [-0.15, -0.1) is 0 Å². The van der Waals surface area contributed by atoms with E-state index in [2.05, 4.69) is 15.5 Å². The number of nitrogens with one attached hydrogen (secondary N) is 1. The molecule has 0 saturated heterocycles. The Morgan fingerprint density at radius 2 is 1.80 bits per heavy atom. The molecule has 9 heteroatoms. The highest BCUT2D eigenvalue weighted by atomic mass is 35.5. The van der Waals surface area contributed by atoms with Gasteiger partial charge in [-0.25, -0.2) is 13.6 Å². The Morgan fingerprint density at radius 3 is 2.51 bits per heavy atom. The third-order valence-corrected chi connectivity index (χ3v) is 6.08. The lowest BCUT2D eigenvalue weighted by molar-refractivity contribution is 0.244. The van der Waals surface area contributed by atoms with Gasteiger partial charge in [-0.1, -0.05) is 47.1 Å². The number of hydrogen-bond acceptors (Lipinski definition) is 4. The monoisotopic (exact) mass is 492 g/mol. The molecule has 35 heavy (non-hydrogen) atoms. The molecule has 5 rings (SSSR count). The third-order valence-electron chi connectivity index (χ3n) is 5.84. The summed E-state index contributed by atoms with van der Waals surface area (Å²) in [4.78, 5) is 19.1. The Labute approximate surface area is 204 Å². The van der Waals surface area contributed by atoms with Crippen LogP contribution in [0.3, 0.4) is 0 Å². The van der Waals surface area contributed by atoms with Crippen LogP contribution in [0.5, 0.6) is 0 Å². The molecule has 0 radical (unpaired) electrons. The summed E-state index contributed by atoms with van der Waals surface area (Å²) >= 11 is 6.11. The van der Waals surface area contributed by atoms with Crippen LogP contribution in [0.4, 0.5) is 19.3 Å². The van der Waals surface area contributed by atoms with Gasteiger partial charge >= 0.3 is 6.03 Å². The number of aromatic nitrogens is 2. The number of benzene rings is 3. The van der Waals surface area contributed by atoms with E-state index in [1.165, 1.54) is 23.1 Å². The van der Waals surface area contributed by atoms with Gasteiger partial charge in [0.15, 0.2) is 0 Å². The fourth-order valence-electron chi connectivity index (χ4n) is 4.03. The normalized spacial score (nSPS) is 16.0. The van der Waals surface area contributed by atoms with E-state index < -0.39 is 23.7 Å². The van der Waals surface area contributed by atoms with Crippen LogP contribution in [-0.2, 0) is 0 Å². The summed E-state index contributed by atoms with van der Waals surface area (Å²) in [5, 5.41) is 7.52. The van der Waals surface area contributed by atoms with E-state index in [0.717, 1.165) is 0 Å². The number of urea groups is 1. The zero-order valence-corrected chi connectivity index (χ0v) is 19.5. The number of nitrogens with zero attached hydrogens (tertiary/aromatic N) is 3. The van der Waals surface area contributed by atoms with Crippen molar-refractivity contribution >= 4 is 28.9 Å². The molecule has 3 aromatic carbocycles. The number of amides is 2. The molecule has 1 aliphatic rings. The van der Waals surface area contributed by atoms with Crippen LogP contribution in [-0.4, -0.2) is 16.2 Å². The molecule has 1 aromatic heterocycles. The van der Waals surface area contributed by atoms with Gasteiger partial charge < -0.3 is 9.84 Å². The Kier molecular flexibility index (Phi) is 5.82. The number of rotatable bonds is 4. The van der Waals surface area contributed by atoms with Gasteiger partial charge in [0.2, 0.25) is 5.82 Å². The highest BCUT2D eigenvalue weighted by Crippen LogP contribution is 2.39. The number of halogens is 3. The van der Waals surface area contributed by atoms with Crippen LogP contribution in [0.1, 0.15) is 30.0 Å². The van der Waals surface area contributed by atoms with Crippen LogP contribution >= 0.6 is 11.6 Å². The van der Waals surface area contributed by atoms with Crippen LogP contribution in [0.2, 0.25) is 5.02 Å². The summed E-state index contributed by atoms with van der Waals surface area (Å²) in [5.74, 6) is -0.378. The van der Waals surface area contributed by atoms with E-state index in [4.69, 9.17) is 16.1 Å². The first kappa shape index (κ1) is 22.7. The number of allylic oxidation sites excluding steroid dienone is 1. The minimum absolute atomic E-state index is 0.157. The van der Waals surface area contributed by atoms with Crippen LogP contribution in [0.15, 0.2) is 77.0 Å². The van der Waals surface area contributed by atoms with E-state index in [9.17, 15) is 13.6 Å². The van der Waals surface area contributed by atoms with Gasteiger partial charge in [0.05, 0.1) is 17.3 Å². The molecule has 2 heterocycles. The number of aryl methyl sites for hydroxylation is 1. The molecule has 1 N–H and O–H groups in total. The van der Waals surface area contributed by atoms with Crippen LogP contribution < -0.4 is 10.2 Å².